The van der Waals surface area contributed by atoms with Gasteiger partial charge in [0.25, 0.3) is 0 Å². The maximum atomic E-state index is 11.6. The van der Waals surface area contributed by atoms with Gasteiger partial charge < -0.3 is 15.2 Å². The lowest BCUT2D eigenvalue weighted by atomic mass is 9.85. The van der Waals surface area contributed by atoms with Gasteiger partial charge in [0.1, 0.15) is 0 Å². The average Bonchev–Trinajstić information content (AvgIpc) is 2.62. The third-order valence-electron chi connectivity index (χ3n) is 3.46. The van der Waals surface area contributed by atoms with Crippen LogP contribution in [0, 0.1) is 5.41 Å². The molecule has 0 aromatic carbocycles. The molecule has 0 aliphatic heterocycles. The number of hydrogen-bond donors (Lipinski definition) is 2. The van der Waals surface area contributed by atoms with Crippen LogP contribution in [0.2, 0.25) is 0 Å². The second-order valence-electron chi connectivity index (χ2n) is 4.68. The minimum Gasteiger partial charge on any atom is -0.481 e. The van der Waals surface area contributed by atoms with Crippen LogP contribution in [0.3, 0.4) is 0 Å². The van der Waals surface area contributed by atoms with Crippen LogP contribution >= 0.6 is 0 Å². The Morgan fingerprint density at radius 3 is 2.82 bits per heavy atom. The van der Waals surface area contributed by atoms with Crippen LogP contribution in [0.1, 0.15) is 39.5 Å². The predicted molar refractivity (Wildman–Crippen MR) is 62.6 cm³/mol. The van der Waals surface area contributed by atoms with E-state index >= 15 is 0 Å². The summed E-state index contributed by atoms with van der Waals surface area (Å²) in [5, 5.41) is 12.0. The number of carbonyl (C=O) groups excluding carboxylic acids is 1. The molecule has 0 bridgehead atoms. The third-order valence-corrected chi connectivity index (χ3v) is 3.46. The van der Waals surface area contributed by atoms with E-state index in [0.29, 0.717) is 26.1 Å². The van der Waals surface area contributed by atoms with Gasteiger partial charge in [-0.2, -0.15) is 0 Å². The summed E-state index contributed by atoms with van der Waals surface area (Å²) in [5.74, 6) is -0.956. The standard InChI is InChI=1S/C12H21NO4/c1-3-17-8-6-10(14)13-9-5-4-7-12(9,2)11(15)16/h9H,3-8H2,1-2H3,(H,13,14)(H,15,16). The molecule has 2 unspecified atom stereocenters. The quantitative estimate of drug-likeness (QED) is 0.687. The Morgan fingerprint density at radius 1 is 1.53 bits per heavy atom. The highest BCUT2D eigenvalue weighted by molar-refractivity contribution is 5.80. The highest BCUT2D eigenvalue weighted by Gasteiger charge is 2.45. The van der Waals surface area contributed by atoms with Gasteiger partial charge in [-0.15, -0.1) is 0 Å². The van der Waals surface area contributed by atoms with Gasteiger partial charge in [0, 0.05) is 19.1 Å². The molecule has 2 N–H and O–H groups in total. The Morgan fingerprint density at radius 2 is 2.24 bits per heavy atom. The van der Waals surface area contributed by atoms with Crippen molar-refractivity contribution in [1.29, 1.82) is 0 Å². The zero-order valence-electron chi connectivity index (χ0n) is 10.5. The van der Waals surface area contributed by atoms with Crippen molar-refractivity contribution in [2.24, 2.45) is 5.41 Å². The van der Waals surface area contributed by atoms with Crippen molar-refractivity contribution in [3.63, 3.8) is 0 Å². The van der Waals surface area contributed by atoms with E-state index in [4.69, 9.17) is 4.74 Å². The minimum atomic E-state index is -0.829. The molecule has 0 aromatic heterocycles. The van der Waals surface area contributed by atoms with Gasteiger partial charge in [0.2, 0.25) is 5.91 Å². The van der Waals surface area contributed by atoms with E-state index in [1.54, 1.807) is 6.92 Å². The Hall–Kier alpha value is -1.10. The topological polar surface area (TPSA) is 75.6 Å². The molecule has 1 rings (SSSR count). The van der Waals surface area contributed by atoms with Crippen LogP contribution in [-0.2, 0) is 14.3 Å². The summed E-state index contributed by atoms with van der Waals surface area (Å²) in [6.07, 6.45) is 2.50. The molecule has 0 aromatic rings. The number of aliphatic carboxylic acids is 1. The number of carboxylic acids is 1. The Balaban J connectivity index is 2.45. The molecule has 0 spiro atoms. The highest BCUT2D eigenvalue weighted by Crippen LogP contribution is 2.38. The Bertz CT molecular complexity index is 292. The van der Waals surface area contributed by atoms with Crippen LogP contribution < -0.4 is 5.32 Å². The van der Waals surface area contributed by atoms with E-state index in [2.05, 4.69) is 5.32 Å². The molecule has 98 valence electrons. The summed E-state index contributed by atoms with van der Waals surface area (Å²) in [7, 11) is 0. The van der Waals surface area contributed by atoms with Crippen molar-refractivity contribution in [2.75, 3.05) is 13.2 Å². The maximum Gasteiger partial charge on any atom is 0.311 e. The molecule has 5 nitrogen and oxygen atoms in total. The van der Waals surface area contributed by atoms with Crippen molar-refractivity contribution in [1.82, 2.24) is 5.32 Å². The first kappa shape index (κ1) is 14.0. The Labute approximate surface area is 102 Å². The van der Waals surface area contributed by atoms with Gasteiger partial charge in [0.15, 0.2) is 0 Å². The average molecular weight is 243 g/mol. The van der Waals surface area contributed by atoms with E-state index in [-0.39, 0.29) is 11.9 Å². The monoisotopic (exact) mass is 243 g/mol. The van der Waals surface area contributed by atoms with Crippen LogP contribution in [0.4, 0.5) is 0 Å². The molecule has 0 heterocycles. The first-order valence-electron chi connectivity index (χ1n) is 6.11. The fraction of sp³-hybridized carbons (Fsp3) is 0.833. The molecule has 1 amide bonds. The molecular weight excluding hydrogens is 222 g/mol. The minimum absolute atomic E-state index is 0.127. The van der Waals surface area contributed by atoms with Crippen molar-refractivity contribution in [2.45, 2.75) is 45.6 Å². The number of nitrogens with one attached hydrogen (secondary N) is 1. The van der Waals surface area contributed by atoms with Crippen molar-refractivity contribution in [3.8, 4) is 0 Å². The fourth-order valence-electron chi connectivity index (χ4n) is 2.23. The first-order chi connectivity index (χ1) is 8.00. The summed E-state index contributed by atoms with van der Waals surface area (Å²) in [5.41, 5.74) is -0.818. The lowest BCUT2D eigenvalue weighted by molar-refractivity contribution is -0.149. The molecule has 5 heteroatoms. The van der Waals surface area contributed by atoms with Crippen LogP contribution in [0.15, 0.2) is 0 Å². The van der Waals surface area contributed by atoms with Crippen molar-refractivity contribution < 1.29 is 19.4 Å². The SMILES string of the molecule is CCOCCC(=O)NC1CCCC1(C)C(=O)O. The molecule has 1 aliphatic carbocycles. The number of rotatable bonds is 6. The van der Waals surface area contributed by atoms with E-state index in [9.17, 15) is 14.7 Å². The molecule has 17 heavy (non-hydrogen) atoms. The van der Waals surface area contributed by atoms with Crippen molar-refractivity contribution >= 4 is 11.9 Å². The van der Waals surface area contributed by atoms with E-state index in [0.717, 1.165) is 12.8 Å². The van der Waals surface area contributed by atoms with Gasteiger partial charge >= 0.3 is 5.97 Å². The van der Waals surface area contributed by atoms with Gasteiger partial charge in [-0.25, -0.2) is 0 Å². The van der Waals surface area contributed by atoms with Crippen LogP contribution in [-0.4, -0.2) is 36.2 Å². The molecule has 0 radical (unpaired) electrons. The summed E-state index contributed by atoms with van der Waals surface area (Å²) in [4.78, 5) is 22.8. The van der Waals surface area contributed by atoms with Crippen LogP contribution in [0.25, 0.3) is 0 Å². The second kappa shape index (κ2) is 6.00. The van der Waals surface area contributed by atoms with Gasteiger partial charge in [0.05, 0.1) is 12.0 Å². The first-order valence-corrected chi connectivity index (χ1v) is 6.11. The smallest absolute Gasteiger partial charge is 0.311 e. The summed E-state index contributed by atoms with van der Waals surface area (Å²) < 4.78 is 5.09. The molecule has 1 saturated carbocycles. The van der Waals surface area contributed by atoms with Gasteiger partial charge in [-0.05, 0) is 26.7 Å². The molecule has 1 fully saturated rings. The zero-order chi connectivity index (χ0) is 12.9. The van der Waals surface area contributed by atoms with Crippen molar-refractivity contribution in [3.05, 3.63) is 0 Å². The highest BCUT2D eigenvalue weighted by atomic mass is 16.5. The number of carbonyl (C=O) groups is 2. The number of hydrogen-bond acceptors (Lipinski definition) is 3. The predicted octanol–water partition coefficient (Wildman–Crippen LogP) is 1.17. The normalized spacial score (nSPS) is 28.0. The largest absolute Gasteiger partial charge is 0.481 e. The van der Waals surface area contributed by atoms with E-state index < -0.39 is 11.4 Å². The maximum absolute atomic E-state index is 11.6. The summed E-state index contributed by atoms with van der Waals surface area (Å²) >= 11 is 0. The zero-order valence-corrected chi connectivity index (χ0v) is 10.5. The molecule has 0 saturated heterocycles. The molecule has 1 aliphatic rings. The molecule has 2 atom stereocenters. The summed E-state index contributed by atoms with van der Waals surface area (Å²) in [6.45, 7) is 4.55. The Kier molecular flexibility index (Phi) is 4.93. The lowest BCUT2D eigenvalue weighted by Crippen LogP contribution is -2.47. The number of carboxylic acid groups (broad SMARTS) is 1. The molecular formula is C12H21NO4. The second-order valence-corrected chi connectivity index (χ2v) is 4.68. The fourth-order valence-corrected chi connectivity index (χ4v) is 2.23. The number of ether oxygens (including phenoxy) is 1. The van der Waals surface area contributed by atoms with Gasteiger partial charge in [-0.3, -0.25) is 9.59 Å². The summed E-state index contributed by atoms with van der Waals surface area (Å²) in [6, 6.07) is -0.255. The van der Waals surface area contributed by atoms with E-state index in [1.165, 1.54) is 0 Å². The third kappa shape index (κ3) is 3.43. The van der Waals surface area contributed by atoms with Gasteiger partial charge in [-0.1, -0.05) is 6.42 Å². The van der Waals surface area contributed by atoms with E-state index in [1.807, 2.05) is 6.92 Å². The number of amides is 1. The van der Waals surface area contributed by atoms with Crippen LogP contribution in [0.5, 0.6) is 0 Å². The lowest BCUT2D eigenvalue weighted by Gasteiger charge is -2.27.